The average Bonchev–Trinajstić information content (AvgIpc) is 2.16. The summed E-state index contributed by atoms with van der Waals surface area (Å²) in [5.41, 5.74) is 0.870. The molecule has 0 N–H and O–H groups in total. The average molecular weight is 210 g/mol. The molecule has 0 aliphatic heterocycles. The zero-order chi connectivity index (χ0) is 11.4. The van der Waals surface area contributed by atoms with Gasteiger partial charge in [-0.1, -0.05) is 13.0 Å². The van der Waals surface area contributed by atoms with Crippen LogP contribution in [0.15, 0.2) is 18.2 Å². The van der Waals surface area contributed by atoms with Crippen LogP contribution in [0.1, 0.15) is 36.7 Å². The fourth-order valence-electron chi connectivity index (χ4n) is 1.24. The van der Waals surface area contributed by atoms with Crippen LogP contribution in [0.4, 0.5) is 4.39 Å². The molecule has 0 aliphatic rings. The van der Waals surface area contributed by atoms with Crippen molar-refractivity contribution < 1.29 is 13.9 Å². The number of rotatable bonds is 3. The molecule has 0 aliphatic carbocycles. The predicted molar refractivity (Wildman–Crippen MR) is 56.3 cm³/mol. The lowest BCUT2D eigenvalue weighted by Gasteiger charge is -2.08. The van der Waals surface area contributed by atoms with Crippen molar-refractivity contribution in [2.45, 2.75) is 33.3 Å². The van der Waals surface area contributed by atoms with Crippen LogP contribution >= 0.6 is 0 Å². The Kier molecular flexibility index (Phi) is 3.83. The molecule has 0 saturated carbocycles. The lowest BCUT2D eigenvalue weighted by atomic mass is 10.1. The van der Waals surface area contributed by atoms with Crippen molar-refractivity contribution >= 4 is 5.97 Å². The van der Waals surface area contributed by atoms with E-state index in [1.807, 2.05) is 6.92 Å². The molecule has 3 heteroatoms. The lowest BCUT2D eigenvalue weighted by molar-refractivity contribution is 0.0377. The Labute approximate surface area is 89.1 Å². The maximum Gasteiger partial charge on any atom is 0.338 e. The van der Waals surface area contributed by atoms with E-state index in [1.165, 1.54) is 6.07 Å². The van der Waals surface area contributed by atoms with Gasteiger partial charge in [-0.15, -0.1) is 0 Å². The molecule has 0 amide bonds. The van der Waals surface area contributed by atoms with Crippen LogP contribution in [0.3, 0.4) is 0 Å². The molecule has 0 unspecified atom stereocenters. The van der Waals surface area contributed by atoms with E-state index in [1.54, 1.807) is 26.0 Å². The predicted octanol–water partition coefficient (Wildman–Crippen LogP) is 2.95. The topological polar surface area (TPSA) is 26.3 Å². The highest BCUT2D eigenvalue weighted by atomic mass is 19.1. The van der Waals surface area contributed by atoms with Gasteiger partial charge in [0.15, 0.2) is 0 Å². The zero-order valence-corrected chi connectivity index (χ0v) is 9.21. The molecule has 0 radical (unpaired) electrons. The Balaban J connectivity index is 2.87. The minimum Gasteiger partial charge on any atom is -0.459 e. The molecule has 1 aromatic carbocycles. The first-order valence-electron chi connectivity index (χ1n) is 5.04. The van der Waals surface area contributed by atoms with Gasteiger partial charge in [0.25, 0.3) is 0 Å². The minimum atomic E-state index is -0.480. The number of carbonyl (C=O) groups excluding carboxylic acids is 1. The highest BCUT2D eigenvalue weighted by Gasteiger charge is 2.11. The minimum absolute atomic E-state index is 0.189. The van der Waals surface area contributed by atoms with Gasteiger partial charge in [-0.3, -0.25) is 0 Å². The quantitative estimate of drug-likeness (QED) is 0.717. The number of ether oxygens (including phenoxy) is 1. The number of benzene rings is 1. The van der Waals surface area contributed by atoms with Gasteiger partial charge in [0, 0.05) is 0 Å². The largest absolute Gasteiger partial charge is 0.459 e. The van der Waals surface area contributed by atoms with E-state index in [4.69, 9.17) is 4.74 Å². The van der Waals surface area contributed by atoms with Gasteiger partial charge >= 0.3 is 5.97 Å². The molecule has 0 aromatic heterocycles. The number of esters is 1. The molecule has 0 spiro atoms. The highest BCUT2D eigenvalue weighted by molar-refractivity contribution is 5.89. The maximum absolute atomic E-state index is 13.3. The fourth-order valence-corrected chi connectivity index (χ4v) is 1.24. The molecule has 0 saturated heterocycles. The molecule has 1 aromatic rings. The fraction of sp³-hybridized carbons (Fsp3) is 0.417. The number of hydrogen-bond donors (Lipinski definition) is 0. The van der Waals surface area contributed by atoms with E-state index in [2.05, 4.69) is 0 Å². The number of aryl methyl sites for hydroxylation is 1. The van der Waals surface area contributed by atoms with E-state index >= 15 is 0 Å². The Morgan fingerprint density at radius 3 is 2.60 bits per heavy atom. The lowest BCUT2D eigenvalue weighted by Crippen LogP contribution is -2.12. The molecule has 15 heavy (non-hydrogen) atoms. The van der Waals surface area contributed by atoms with Gasteiger partial charge in [-0.25, -0.2) is 9.18 Å². The second-order valence-corrected chi connectivity index (χ2v) is 3.61. The summed E-state index contributed by atoms with van der Waals surface area (Å²) in [4.78, 5) is 11.4. The molecule has 0 fully saturated rings. The second-order valence-electron chi connectivity index (χ2n) is 3.61. The summed E-state index contributed by atoms with van der Waals surface area (Å²) in [5.74, 6) is -0.831. The molecule has 2 nitrogen and oxygen atoms in total. The molecule has 0 bridgehead atoms. The first kappa shape index (κ1) is 11.7. The summed E-state index contributed by atoms with van der Waals surface area (Å²) >= 11 is 0. The van der Waals surface area contributed by atoms with Crippen LogP contribution in [-0.4, -0.2) is 12.1 Å². The Hall–Kier alpha value is -1.38. The summed E-state index contributed by atoms with van der Waals surface area (Å²) in [6.45, 7) is 5.38. The van der Waals surface area contributed by atoms with Crippen molar-refractivity contribution in [3.8, 4) is 0 Å². The summed E-state index contributed by atoms with van der Waals surface area (Å²) in [7, 11) is 0. The third kappa shape index (κ3) is 3.05. The smallest absolute Gasteiger partial charge is 0.338 e. The first-order valence-corrected chi connectivity index (χ1v) is 5.04. The van der Waals surface area contributed by atoms with Gasteiger partial charge in [-0.05, 0) is 38.0 Å². The van der Waals surface area contributed by atoms with Crippen molar-refractivity contribution in [2.75, 3.05) is 0 Å². The van der Waals surface area contributed by atoms with Crippen LogP contribution in [0.5, 0.6) is 0 Å². The van der Waals surface area contributed by atoms with Crippen LogP contribution in [0, 0.1) is 5.82 Å². The van der Waals surface area contributed by atoms with E-state index in [0.29, 0.717) is 12.0 Å². The Morgan fingerprint density at radius 2 is 2.13 bits per heavy atom. The summed E-state index contributed by atoms with van der Waals surface area (Å²) in [6.07, 6.45) is 0.428. The number of halogens is 1. The summed E-state index contributed by atoms with van der Waals surface area (Å²) < 4.78 is 18.3. The van der Waals surface area contributed by atoms with Gasteiger partial charge in [0.1, 0.15) is 5.82 Å². The first-order chi connectivity index (χ1) is 7.04. The standard InChI is InChI=1S/C12H15FO2/c1-4-9-5-6-10(7-11(9)13)12(14)15-8(2)3/h5-8H,4H2,1-3H3. The van der Waals surface area contributed by atoms with Crippen LogP contribution in [0.25, 0.3) is 0 Å². The van der Waals surface area contributed by atoms with Crippen molar-refractivity contribution in [1.29, 1.82) is 0 Å². The van der Waals surface area contributed by atoms with Crippen LogP contribution in [0.2, 0.25) is 0 Å². The molecule has 82 valence electrons. The monoisotopic (exact) mass is 210 g/mol. The summed E-state index contributed by atoms with van der Waals surface area (Å²) in [5, 5.41) is 0. The van der Waals surface area contributed by atoms with Crippen molar-refractivity contribution in [3.63, 3.8) is 0 Å². The van der Waals surface area contributed by atoms with Crippen LogP contribution in [-0.2, 0) is 11.2 Å². The van der Waals surface area contributed by atoms with Gasteiger partial charge in [-0.2, -0.15) is 0 Å². The Morgan fingerprint density at radius 1 is 1.47 bits per heavy atom. The molecule has 0 atom stereocenters. The van der Waals surface area contributed by atoms with Gasteiger partial charge in [0.05, 0.1) is 11.7 Å². The van der Waals surface area contributed by atoms with E-state index in [0.717, 1.165) is 0 Å². The van der Waals surface area contributed by atoms with E-state index in [9.17, 15) is 9.18 Å². The van der Waals surface area contributed by atoms with E-state index < -0.39 is 5.97 Å². The van der Waals surface area contributed by atoms with Crippen molar-refractivity contribution in [2.24, 2.45) is 0 Å². The van der Waals surface area contributed by atoms with Crippen LogP contribution < -0.4 is 0 Å². The second kappa shape index (κ2) is 4.91. The third-order valence-electron chi connectivity index (χ3n) is 2.01. The third-order valence-corrected chi connectivity index (χ3v) is 2.01. The molecular weight excluding hydrogens is 195 g/mol. The zero-order valence-electron chi connectivity index (χ0n) is 9.21. The Bertz CT molecular complexity index is 359. The molecular formula is C12H15FO2. The highest BCUT2D eigenvalue weighted by Crippen LogP contribution is 2.12. The normalized spacial score (nSPS) is 10.5. The molecule has 0 heterocycles. The van der Waals surface area contributed by atoms with E-state index in [-0.39, 0.29) is 17.5 Å². The molecule has 1 rings (SSSR count). The number of carbonyl (C=O) groups is 1. The maximum atomic E-state index is 13.3. The van der Waals surface area contributed by atoms with Gasteiger partial charge in [0.2, 0.25) is 0 Å². The number of hydrogen-bond acceptors (Lipinski definition) is 2. The summed E-state index contributed by atoms with van der Waals surface area (Å²) in [6, 6.07) is 4.43. The van der Waals surface area contributed by atoms with Crippen molar-refractivity contribution in [1.82, 2.24) is 0 Å². The van der Waals surface area contributed by atoms with Crippen molar-refractivity contribution in [3.05, 3.63) is 35.1 Å². The van der Waals surface area contributed by atoms with Gasteiger partial charge < -0.3 is 4.74 Å². The SMILES string of the molecule is CCc1ccc(C(=O)OC(C)C)cc1F.